The van der Waals surface area contributed by atoms with Crippen molar-refractivity contribution in [2.24, 2.45) is 11.8 Å². The lowest BCUT2D eigenvalue weighted by atomic mass is 9.78. The summed E-state index contributed by atoms with van der Waals surface area (Å²) in [4.78, 5) is 26.2. The van der Waals surface area contributed by atoms with E-state index in [1.807, 2.05) is 6.92 Å². The Morgan fingerprint density at radius 2 is 1.52 bits per heavy atom. The number of aliphatic carboxylic acids is 1. The number of carboxylic acid groups (broad SMARTS) is 1. The highest BCUT2D eigenvalue weighted by Gasteiger charge is 2.39. The summed E-state index contributed by atoms with van der Waals surface area (Å²) in [5.41, 5.74) is 0.991. The van der Waals surface area contributed by atoms with E-state index < -0.39 is 27.8 Å². The van der Waals surface area contributed by atoms with Crippen molar-refractivity contribution in [3.63, 3.8) is 0 Å². The van der Waals surface area contributed by atoms with E-state index in [9.17, 15) is 23.1 Å². The second-order valence-corrected chi connectivity index (χ2v) is 9.32. The molecule has 1 aliphatic carbocycles. The fourth-order valence-corrected chi connectivity index (χ4v) is 5.39. The third kappa shape index (κ3) is 4.16. The second-order valence-electron chi connectivity index (χ2n) is 7.38. The number of carbonyl (C=O) groups excluding carboxylic acids is 1. The summed E-state index contributed by atoms with van der Waals surface area (Å²) in [6, 6.07) is 6.73. The molecule has 2 aliphatic rings. The van der Waals surface area contributed by atoms with E-state index >= 15 is 0 Å². The third-order valence-electron chi connectivity index (χ3n) is 5.61. The number of aryl methyl sites for hydroxylation is 1. The lowest BCUT2D eigenvalue weighted by molar-refractivity contribution is -0.152. The molecule has 1 N–H and O–H groups in total. The van der Waals surface area contributed by atoms with Crippen LogP contribution in [0.25, 0.3) is 0 Å². The minimum Gasteiger partial charge on any atom is -0.481 e. The predicted molar refractivity (Wildman–Crippen MR) is 99.6 cm³/mol. The number of hydrogen-bond acceptors (Lipinski definition) is 4. The van der Waals surface area contributed by atoms with Gasteiger partial charge in [-0.15, -0.1) is 0 Å². The van der Waals surface area contributed by atoms with Gasteiger partial charge in [0.2, 0.25) is 15.9 Å². The zero-order chi connectivity index (χ0) is 19.6. The molecule has 1 heterocycles. The maximum atomic E-state index is 12.8. The summed E-state index contributed by atoms with van der Waals surface area (Å²) in [6.45, 7) is 2.95. The number of carboxylic acids is 1. The Balaban J connectivity index is 1.65. The van der Waals surface area contributed by atoms with Gasteiger partial charge in [-0.1, -0.05) is 30.5 Å². The molecule has 0 spiro atoms. The third-order valence-corrected chi connectivity index (χ3v) is 7.52. The van der Waals surface area contributed by atoms with Crippen LogP contribution in [0.5, 0.6) is 0 Å². The molecule has 8 heteroatoms. The molecule has 1 aromatic rings. The number of rotatable bonds is 4. The minimum absolute atomic E-state index is 0.144. The number of sulfonamides is 1. The minimum atomic E-state index is -3.58. The van der Waals surface area contributed by atoms with Gasteiger partial charge in [-0.25, -0.2) is 8.42 Å². The van der Waals surface area contributed by atoms with Gasteiger partial charge in [0.25, 0.3) is 0 Å². The molecule has 0 aromatic heterocycles. The molecule has 1 amide bonds. The molecule has 27 heavy (non-hydrogen) atoms. The molecule has 1 saturated carbocycles. The van der Waals surface area contributed by atoms with Crippen molar-refractivity contribution in [3.05, 3.63) is 29.8 Å². The summed E-state index contributed by atoms with van der Waals surface area (Å²) in [7, 11) is -3.58. The number of carbonyl (C=O) groups is 2. The molecule has 2 fully saturated rings. The molecule has 148 valence electrons. The van der Waals surface area contributed by atoms with Gasteiger partial charge < -0.3 is 10.0 Å². The fourth-order valence-electron chi connectivity index (χ4n) is 3.96. The van der Waals surface area contributed by atoms with Gasteiger partial charge in [0.15, 0.2) is 0 Å². The zero-order valence-corrected chi connectivity index (χ0v) is 16.3. The summed E-state index contributed by atoms with van der Waals surface area (Å²) in [5.74, 6) is -2.17. The second kappa shape index (κ2) is 7.98. The van der Waals surface area contributed by atoms with E-state index in [-0.39, 0.29) is 23.9 Å². The van der Waals surface area contributed by atoms with Gasteiger partial charge in [0, 0.05) is 26.2 Å². The van der Waals surface area contributed by atoms with E-state index in [0.29, 0.717) is 25.9 Å². The summed E-state index contributed by atoms with van der Waals surface area (Å²) in [5, 5.41) is 9.39. The average Bonchev–Trinajstić information content (AvgIpc) is 2.68. The summed E-state index contributed by atoms with van der Waals surface area (Å²) >= 11 is 0. The predicted octanol–water partition coefficient (Wildman–Crippen LogP) is 1.72. The van der Waals surface area contributed by atoms with E-state index in [0.717, 1.165) is 18.4 Å². The number of amides is 1. The molecule has 2 unspecified atom stereocenters. The molecule has 1 aliphatic heterocycles. The van der Waals surface area contributed by atoms with Crippen molar-refractivity contribution >= 4 is 21.9 Å². The van der Waals surface area contributed by atoms with Crippen LogP contribution >= 0.6 is 0 Å². The van der Waals surface area contributed by atoms with Gasteiger partial charge in [-0.3, -0.25) is 9.59 Å². The molecule has 0 bridgehead atoms. The maximum Gasteiger partial charge on any atom is 0.307 e. The molecule has 0 radical (unpaired) electrons. The first-order chi connectivity index (χ1) is 12.8. The van der Waals surface area contributed by atoms with Crippen LogP contribution in [0.1, 0.15) is 31.2 Å². The van der Waals surface area contributed by atoms with Gasteiger partial charge in [0.05, 0.1) is 16.7 Å². The Labute approximate surface area is 160 Å². The molecular weight excluding hydrogens is 368 g/mol. The number of benzene rings is 1. The first-order valence-electron chi connectivity index (χ1n) is 9.39. The fraction of sp³-hybridized carbons (Fsp3) is 0.579. The Morgan fingerprint density at radius 3 is 2.07 bits per heavy atom. The van der Waals surface area contributed by atoms with E-state index in [4.69, 9.17) is 0 Å². The molecule has 7 nitrogen and oxygen atoms in total. The molecule has 2 atom stereocenters. The van der Waals surface area contributed by atoms with Crippen LogP contribution < -0.4 is 0 Å². The van der Waals surface area contributed by atoms with Crippen LogP contribution in [0, 0.1) is 18.8 Å². The first-order valence-corrected chi connectivity index (χ1v) is 10.8. The Kier molecular flexibility index (Phi) is 5.86. The van der Waals surface area contributed by atoms with Crippen LogP contribution in [-0.4, -0.2) is 60.8 Å². The quantitative estimate of drug-likeness (QED) is 0.839. The van der Waals surface area contributed by atoms with E-state index in [2.05, 4.69) is 0 Å². The lowest BCUT2D eigenvalue weighted by Gasteiger charge is -2.38. The molecule has 1 saturated heterocycles. The van der Waals surface area contributed by atoms with Crippen LogP contribution in [0.15, 0.2) is 29.2 Å². The van der Waals surface area contributed by atoms with Gasteiger partial charge >= 0.3 is 5.97 Å². The van der Waals surface area contributed by atoms with Gasteiger partial charge in [0.1, 0.15) is 0 Å². The average molecular weight is 394 g/mol. The Morgan fingerprint density at radius 1 is 0.963 bits per heavy atom. The van der Waals surface area contributed by atoms with Crippen molar-refractivity contribution in [1.29, 1.82) is 0 Å². The number of nitrogens with zero attached hydrogens (tertiary/aromatic N) is 2. The van der Waals surface area contributed by atoms with Gasteiger partial charge in [-0.2, -0.15) is 4.31 Å². The molecular formula is C19H26N2O5S. The van der Waals surface area contributed by atoms with E-state index in [1.54, 1.807) is 29.2 Å². The SMILES string of the molecule is Cc1ccc(S(=O)(=O)N2CCN(C(=O)C3CCCCC3C(=O)O)CC2)cc1. The van der Waals surface area contributed by atoms with Crippen LogP contribution in [-0.2, 0) is 19.6 Å². The van der Waals surface area contributed by atoms with E-state index in [1.165, 1.54) is 4.31 Å². The number of piperazine rings is 1. The zero-order valence-electron chi connectivity index (χ0n) is 15.5. The smallest absolute Gasteiger partial charge is 0.307 e. The summed E-state index contributed by atoms with van der Waals surface area (Å²) in [6.07, 6.45) is 2.83. The lowest BCUT2D eigenvalue weighted by Crippen LogP contribution is -2.53. The largest absolute Gasteiger partial charge is 0.481 e. The van der Waals surface area contributed by atoms with Crippen molar-refractivity contribution < 1.29 is 23.1 Å². The standard InChI is InChI=1S/C19H26N2O5S/c1-14-6-8-15(9-7-14)27(25,26)21-12-10-20(11-13-21)18(22)16-4-2-3-5-17(16)19(23)24/h6-9,16-17H,2-5,10-13H2,1H3,(H,23,24). The van der Waals surface area contributed by atoms with Crippen molar-refractivity contribution in [2.45, 2.75) is 37.5 Å². The first kappa shape index (κ1) is 19.8. The van der Waals surface area contributed by atoms with Crippen LogP contribution in [0.2, 0.25) is 0 Å². The van der Waals surface area contributed by atoms with Gasteiger partial charge in [-0.05, 0) is 31.9 Å². The summed E-state index contributed by atoms with van der Waals surface area (Å²) < 4.78 is 26.9. The molecule has 1 aromatic carbocycles. The van der Waals surface area contributed by atoms with Crippen LogP contribution in [0.3, 0.4) is 0 Å². The highest BCUT2D eigenvalue weighted by Crippen LogP contribution is 2.32. The van der Waals surface area contributed by atoms with Crippen molar-refractivity contribution in [3.8, 4) is 0 Å². The van der Waals surface area contributed by atoms with Crippen LogP contribution in [0.4, 0.5) is 0 Å². The maximum absolute atomic E-state index is 12.8. The Hall–Kier alpha value is -1.93. The normalized spacial score (nSPS) is 24.6. The van der Waals surface area contributed by atoms with Crippen molar-refractivity contribution in [2.75, 3.05) is 26.2 Å². The monoisotopic (exact) mass is 394 g/mol. The van der Waals surface area contributed by atoms with Crippen molar-refractivity contribution in [1.82, 2.24) is 9.21 Å². The topological polar surface area (TPSA) is 95.0 Å². The highest BCUT2D eigenvalue weighted by atomic mass is 32.2. The molecule has 3 rings (SSSR count). The number of hydrogen-bond donors (Lipinski definition) is 1. The highest BCUT2D eigenvalue weighted by molar-refractivity contribution is 7.89. The Bertz CT molecular complexity index is 798.